The van der Waals surface area contributed by atoms with Crippen molar-refractivity contribution >= 4 is 11.8 Å². The number of H-pyrrole nitrogens is 1. The van der Waals surface area contributed by atoms with Gasteiger partial charge in [-0.1, -0.05) is 23.9 Å². The molecule has 2 aliphatic rings. The summed E-state index contributed by atoms with van der Waals surface area (Å²) < 4.78 is 0. The first-order valence-electron chi connectivity index (χ1n) is 14.6. The van der Waals surface area contributed by atoms with E-state index in [2.05, 4.69) is 50.4 Å². The number of rotatable bonds is 9. The van der Waals surface area contributed by atoms with Gasteiger partial charge in [-0.05, 0) is 85.7 Å². The van der Waals surface area contributed by atoms with Crippen molar-refractivity contribution in [3.63, 3.8) is 0 Å². The molecule has 1 saturated heterocycles. The molecule has 2 N–H and O–H groups in total. The molecule has 1 aliphatic heterocycles. The molecule has 11 heteroatoms. The number of nitrogens with one attached hydrogen (secondary N) is 2. The molecule has 2 amide bonds. The van der Waals surface area contributed by atoms with Crippen LogP contribution in [0.5, 0.6) is 0 Å². The smallest absolute Gasteiger partial charge is 0.253 e. The molecule has 5 rings (SSSR count). The van der Waals surface area contributed by atoms with Crippen LogP contribution in [0.1, 0.15) is 75.0 Å². The predicted molar refractivity (Wildman–Crippen MR) is 162 cm³/mol. The van der Waals surface area contributed by atoms with Gasteiger partial charge in [0, 0.05) is 57.6 Å². The number of aromatic nitrogens is 4. The number of aromatic amines is 1. The number of likely N-dealkylation sites (tertiary alicyclic amines) is 1. The molecule has 224 valence electrons. The van der Waals surface area contributed by atoms with Crippen molar-refractivity contribution in [2.75, 3.05) is 41.3 Å². The Labute approximate surface area is 252 Å². The standard InChI is InChI=1S/C32H39N9O2/c1-20-7-10-26(18-33)41(20)21(2)19-34-14-13-32(31-35-37-38-36-31)27-11-8-22(29(42)39(3)4)15-24(27)17-25-16-23(9-12-28(25)32)30(43)40(5)6/h8-9,11-12,15-16,20,26,34H,2,7,10,13-14,17,19H2,1,3-6H3,(H,35,36,37,38). The van der Waals surface area contributed by atoms with E-state index in [0.717, 1.165) is 40.8 Å². The number of benzene rings is 2. The summed E-state index contributed by atoms with van der Waals surface area (Å²) in [6.07, 6.45) is 2.96. The van der Waals surface area contributed by atoms with Crippen LogP contribution in [-0.4, -0.2) is 101 Å². The average Bonchev–Trinajstić information content (AvgIpc) is 3.67. The van der Waals surface area contributed by atoms with E-state index in [0.29, 0.717) is 42.9 Å². The first kappa shape index (κ1) is 29.9. The maximum absolute atomic E-state index is 12.9. The van der Waals surface area contributed by atoms with Crippen molar-refractivity contribution in [1.29, 1.82) is 5.26 Å². The molecule has 43 heavy (non-hydrogen) atoms. The zero-order valence-corrected chi connectivity index (χ0v) is 25.5. The summed E-state index contributed by atoms with van der Waals surface area (Å²) in [6, 6.07) is 14.2. The van der Waals surface area contributed by atoms with E-state index in [4.69, 9.17) is 0 Å². The lowest BCUT2D eigenvalue weighted by molar-refractivity contribution is 0.0820. The lowest BCUT2D eigenvalue weighted by Crippen LogP contribution is -2.41. The van der Waals surface area contributed by atoms with E-state index < -0.39 is 5.41 Å². The molecule has 11 nitrogen and oxygen atoms in total. The number of hydrogen-bond acceptors (Lipinski definition) is 8. The molecule has 1 aliphatic carbocycles. The normalized spacial score (nSPS) is 18.4. The fraction of sp³-hybridized carbons (Fsp3) is 0.438. The zero-order chi connectivity index (χ0) is 30.9. The Morgan fingerprint density at radius 1 is 1.07 bits per heavy atom. The highest BCUT2D eigenvalue weighted by Crippen LogP contribution is 2.47. The molecule has 0 radical (unpaired) electrons. The Morgan fingerprint density at radius 2 is 1.67 bits per heavy atom. The maximum atomic E-state index is 12.9. The van der Waals surface area contributed by atoms with Crippen LogP contribution < -0.4 is 5.32 Å². The molecule has 1 aromatic heterocycles. The Bertz CT molecular complexity index is 1500. The maximum Gasteiger partial charge on any atom is 0.253 e. The Kier molecular flexibility index (Phi) is 8.33. The molecule has 2 unspecified atom stereocenters. The van der Waals surface area contributed by atoms with Crippen LogP contribution >= 0.6 is 0 Å². The number of carbonyl (C=O) groups is 2. The van der Waals surface area contributed by atoms with Crippen molar-refractivity contribution in [1.82, 2.24) is 40.6 Å². The van der Waals surface area contributed by atoms with Gasteiger partial charge in [-0.2, -0.15) is 10.5 Å². The lowest BCUT2D eigenvalue weighted by Gasteiger charge is -2.39. The Hall–Kier alpha value is -4.56. The van der Waals surface area contributed by atoms with Crippen LogP contribution in [-0.2, 0) is 11.8 Å². The van der Waals surface area contributed by atoms with Crippen molar-refractivity contribution in [3.8, 4) is 6.07 Å². The highest BCUT2D eigenvalue weighted by molar-refractivity contribution is 5.95. The van der Waals surface area contributed by atoms with Gasteiger partial charge in [0.05, 0.1) is 11.5 Å². The first-order chi connectivity index (χ1) is 20.6. The second-order valence-corrected chi connectivity index (χ2v) is 11.9. The third-order valence-corrected chi connectivity index (χ3v) is 8.73. The van der Waals surface area contributed by atoms with Gasteiger partial charge in [-0.3, -0.25) is 9.59 Å². The van der Waals surface area contributed by atoms with E-state index >= 15 is 0 Å². The highest BCUT2D eigenvalue weighted by Gasteiger charge is 2.45. The van der Waals surface area contributed by atoms with E-state index in [-0.39, 0.29) is 23.9 Å². The van der Waals surface area contributed by atoms with Crippen LogP contribution in [0.25, 0.3) is 0 Å². The highest BCUT2D eigenvalue weighted by atomic mass is 16.2. The minimum absolute atomic E-state index is 0.0812. The number of nitriles is 1. The molecule has 0 saturated carbocycles. The summed E-state index contributed by atoms with van der Waals surface area (Å²) in [7, 11) is 6.95. The van der Waals surface area contributed by atoms with Gasteiger partial charge in [-0.15, -0.1) is 10.2 Å². The SMILES string of the molecule is C=C(CNCCC1(c2nn[nH]n2)c2ccc(C(=O)N(C)C)cc2Cc2cc(C(=O)N(C)C)ccc21)N1C(C)CCC1C#N. The van der Waals surface area contributed by atoms with E-state index in [1.54, 1.807) is 38.0 Å². The number of carbonyl (C=O) groups excluding carboxylic acids is 2. The molecule has 2 aromatic carbocycles. The molecule has 3 aromatic rings. The third-order valence-electron chi connectivity index (χ3n) is 8.73. The number of amides is 2. The van der Waals surface area contributed by atoms with Crippen molar-refractivity contribution in [2.24, 2.45) is 0 Å². The molecule has 0 bridgehead atoms. The minimum atomic E-state index is -0.792. The predicted octanol–water partition coefficient (Wildman–Crippen LogP) is 2.71. The number of fused-ring (bicyclic) bond motifs is 2. The van der Waals surface area contributed by atoms with Gasteiger partial charge in [-0.25, -0.2) is 0 Å². The second-order valence-electron chi connectivity index (χ2n) is 11.9. The summed E-state index contributed by atoms with van der Waals surface area (Å²) in [6.45, 7) is 7.55. The van der Waals surface area contributed by atoms with Crippen LogP contribution in [0, 0.1) is 11.3 Å². The number of nitrogens with zero attached hydrogens (tertiary/aromatic N) is 7. The van der Waals surface area contributed by atoms with Crippen LogP contribution in [0.2, 0.25) is 0 Å². The molecular weight excluding hydrogens is 542 g/mol. The fourth-order valence-corrected chi connectivity index (χ4v) is 6.65. The minimum Gasteiger partial charge on any atom is -0.356 e. The van der Waals surface area contributed by atoms with E-state index in [1.807, 2.05) is 36.4 Å². The summed E-state index contributed by atoms with van der Waals surface area (Å²) in [5.74, 6) is 0.357. The summed E-state index contributed by atoms with van der Waals surface area (Å²) >= 11 is 0. The Balaban J connectivity index is 1.54. The van der Waals surface area contributed by atoms with Gasteiger partial charge < -0.3 is 20.0 Å². The summed E-state index contributed by atoms with van der Waals surface area (Å²) in [5.41, 5.74) is 5.25. The van der Waals surface area contributed by atoms with Crippen LogP contribution in [0.4, 0.5) is 0 Å². The van der Waals surface area contributed by atoms with Crippen molar-refractivity contribution < 1.29 is 9.59 Å². The number of tetrazole rings is 1. The van der Waals surface area contributed by atoms with E-state index in [1.165, 1.54) is 0 Å². The lowest BCUT2D eigenvalue weighted by atomic mass is 9.63. The third kappa shape index (κ3) is 5.39. The molecule has 2 heterocycles. The molecule has 1 fully saturated rings. The summed E-state index contributed by atoms with van der Waals surface area (Å²) in [5, 5.41) is 28.7. The van der Waals surface area contributed by atoms with Gasteiger partial charge in [0.25, 0.3) is 11.8 Å². The Morgan fingerprint density at radius 3 is 2.19 bits per heavy atom. The van der Waals surface area contributed by atoms with Crippen molar-refractivity contribution in [3.05, 3.63) is 87.9 Å². The monoisotopic (exact) mass is 581 g/mol. The van der Waals surface area contributed by atoms with Crippen molar-refractivity contribution in [2.45, 2.75) is 50.1 Å². The fourth-order valence-electron chi connectivity index (χ4n) is 6.65. The van der Waals surface area contributed by atoms with Gasteiger partial charge >= 0.3 is 0 Å². The second kappa shape index (κ2) is 12.0. The van der Waals surface area contributed by atoms with E-state index in [9.17, 15) is 14.9 Å². The quantitative estimate of drug-likeness (QED) is 0.369. The first-order valence-corrected chi connectivity index (χ1v) is 14.6. The van der Waals surface area contributed by atoms with Gasteiger partial charge in [0.2, 0.25) is 0 Å². The van der Waals surface area contributed by atoms with Crippen LogP contribution in [0.3, 0.4) is 0 Å². The average molecular weight is 582 g/mol. The molecule has 0 spiro atoms. The van der Waals surface area contributed by atoms with Crippen LogP contribution in [0.15, 0.2) is 48.7 Å². The largest absolute Gasteiger partial charge is 0.356 e. The zero-order valence-electron chi connectivity index (χ0n) is 25.5. The van der Waals surface area contributed by atoms with Gasteiger partial charge in [0.1, 0.15) is 6.04 Å². The van der Waals surface area contributed by atoms with Gasteiger partial charge in [0.15, 0.2) is 5.82 Å². The topological polar surface area (TPSA) is 134 Å². The molecule has 2 atom stereocenters. The summed E-state index contributed by atoms with van der Waals surface area (Å²) in [4.78, 5) is 31.1. The number of hydrogen-bond donors (Lipinski definition) is 2. The molecular formula is C32H39N9O2.